The molecule has 0 saturated heterocycles. The summed E-state index contributed by atoms with van der Waals surface area (Å²) in [5.41, 5.74) is 0.855. The molecular weight excluding hydrogens is 308 g/mol. The Morgan fingerprint density at radius 1 is 1.17 bits per heavy atom. The van der Waals surface area contributed by atoms with Gasteiger partial charge in [-0.15, -0.1) is 0 Å². The maximum absolute atomic E-state index is 12.6. The van der Waals surface area contributed by atoms with Crippen LogP contribution in [0.1, 0.15) is 24.5 Å². The third-order valence-electron chi connectivity index (χ3n) is 3.81. The van der Waals surface area contributed by atoms with E-state index in [0.717, 1.165) is 16.9 Å². The van der Waals surface area contributed by atoms with Crippen LogP contribution in [0.2, 0.25) is 0 Å². The predicted molar refractivity (Wildman–Crippen MR) is 91.3 cm³/mol. The molecule has 2 aromatic rings. The first-order valence-corrected chi connectivity index (χ1v) is 8.51. The Balaban J connectivity index is 2.31. The summed E-state index contributed by atoms with van der Waals surface area (Å²) < 4.78 is 20.7. The fourth-order valence-corrected chi connectivity index (χ4v) is 3.38. The van der Waals surface area contributed by atoms with Crippen molar-refractivity contribution in [1.82, 2.24) is 4.72 Å². The van der Waals surface area contributed by atoms with E-state index in [1.807, 2.05) is 50.2 Å². The van der Waals surface area contributed by atoms with Crippen LogP contribution in [-0.2, 0) is 16.5 Å². The van der Waals surface area contributed by atoms with Crippen LogP contribution < -0.4 is 9.46 Å². The number of rotatable bonds is 6. The molecule has 4 nitrogen and oxygen atoms in total. The molecule has 0 saturated carbocycles. The number of hydrogen-bond donors (Lipinski definition) is 1. The maximum Gasteiger partial charge on any atom is 0.142 e. The molecule has 2 aromatic carbocycles. The highest BCUT2D eigenvalue weighted by molar-refractivity contribution is 7.83. The Morgan fingerprint density at radius 2 is 1.78 bits per heavy atom. The molecule has 0 heterocycles. The highest BCUT2D eigenvalue weighted by atomic mass is 32.2. The molecule has 2 rings (SSSR count). The smallest absolute Gasteiger partial charge is 0.142 e. The second kappa shape index (κ2) is 7.40. The van der Waals surface area contributed by atoms with Crippen molar-refractivity contribution in [1.29, 1.82) is 5.26 Å². The van der Waals surface area contributed by atoms with E-state index in [1.54, 1.807) is 19.2 Å². The Bertz CT molecular complexity index is 720. The fourth-order valence-electron chi connectivity index (χ4n) is 2.26. The number of aryl methyl sites for hydroxylation is 1. The summed E-state index contributed by atoms with van der Waals surface area (Å²) in [5, 5.41) is 9.72. The van der Waals surface area contributed by atoms with Gasteiger partial charge in [0.1, 0.15) is 22.3 Å². The molecule has 0 aromatic heterocycles. The molecule has 0 unspecified atom stereocenters. The summed E-state index contributed by atoms with van der Waals surface area (Å²) in [7, 11) is 0.122. The lowest BCUT2D eigenvalue weighted by Crippen LogP contribution is -2.41. The van der Waals surface area contributed by atoms with E-state index in [0.29, 0.717) is 11.3 Å². The third-order valence-corrected chi connectivity index (χ3v) is 5.04. The second-order valence-corrected chi connectivity index (χ2v) is 6.50. The van der Waals surface area contributed by atoms with Crippen LogP contribution in [0.25, 0.3) is 0 Å². The van der Waals surface area contributed by atoms with Gasteiger partial charge in [0.15, 0.2) is 0 Å². The molecule has 0 radical (unpaired) electrons. The van der Waals surface area contributed by atoms with E-state index in [-0.39, 0.29) is 0 Å². The quantitative estimate of drug-likeness (QED) is 0.883. The standard InChI is InChI=1S/C18H20N2O2S/c1-4-18(13-19,15-7-9-16(22-3)10-8-15)20-23(21)17-11-5-14(2)6-12-17/h5-12,20H,4H2,1-3H3/t18-,23+/m1/s1. The van der Waals surface area contributed by atoms with Gasteiger partial charge in [0, 0.05) is 0 Å². The van der Waals surface area contributed by atoms with Crippen molar-refractivity contribution in [3.63, 3.8) is 0 Å². The number of hydrogen-bond acceptors (Lipinski definition) is 3. The van der Waals surface area contributed by atoms with Crippen molar-refractivity contribution in [2.24, 2.45) is 0 Å². The van der Waals surface area contributed by atoms with E-state index in [4.69, 9.17) is 4.74 Å². The first-order valence-electron chi connectivity index (χ1n) is 7.36. The number of nitrogens with one attached hydrogen (secondary N) is 1. The van der Waals surface area contributed by atoms with Gasteiger partial charge in [0.05, 0.1) is 18.1 Å². The number of methoxy groups -OCH3 is 1. The van der Waals surface area contributed by atoms with Gasteiger partial charge in [-0.2, -0.15) is 5.26 Å². The molecule has 120 valence electrons. The normalized spacial score (nSPS) is 14.5. The van der Waals surface area contributed by atoms with Crippen molar-refractivity contribution >= 4 is 11.0 Å². The first-order chi connectivity index (χ1) is 11.0. The largest absolute Gasteiger partial charge is 0.497 e. The average Bonchev–Trinajstić information content (AvgIpc) is 2.60. The van der Waals surface area contributed by atoms with E-state index >= 15 is 0 Å². The zero-order chi connectivity index (χ0) is 16.9. The molecule has 0 aliphatic rings. The lowest BCUT2D eigenvalue weighted by atomic mass is 9.90. The number of ether oxygens (including phenoxy) is 1. The molecule has 5 heteroatoms. The van der Waals surface area contributed by atoms with Crippen molar-refractivity contribution in [2.45, 2.75) is 30.7 Å². The number of nitriles is 1. The lowest BCUT2D eigenvalue weighted by Gasteiger charge is -2.26. The Kier molecular flexibility index (Phi) is 5.54. The van der Waals surface area contributed by atoms with Crippen LogP contribution in [0.3, 0.4) is 0 Å². The lowest BCUT2D eigenvalue weighted by molar-refractivity contribution is 0.413. The average molecular weight is 328 g/mol. The van der Waals surface area contributed by atoms with Crippen molar-refractivity contribution in [3.8, 4) is 11.8 Å². The summed E-state index contributed by atoms with van der Waals surface area (Å²) in [6.45, 7) is 3.87. The highest BCUT2D eigenvalue weighted by Crippen LogP contribution is 2.27. The summed E-state index contributed by atoms with van der Waals surface area (Å²) in [6.07, 6.45) is 0.493. The van der Waals surface area contributed by atoms with Crippen molar-refractivity contribution in [3.05, 3.63) is 59.7 Å². The molecule has 0 aliphatic carbocycles. The zero-order valence-corrected chi connectivity index (χ0v) is 14.3. The van der Waals surface area contributed by atoms with Crippen LogP contribution in [0.4, 0.5) is 0 Å². The van der Waals surface area contributed by atoms with Crippen molar-refractivity contribution in [2.75, 3.05) is 7.11 Å². The highest BCUT2D eigenvalue weighted by Gasteiger charge is 2.32. The molecule has 0 fully saturated rings. The van der Waals surface area contributed by atoms with Crippen LogP contribution >= 0.6 is 0 Å². The predicted octanol–water partition coefficient (Wildman–Crippen LogP) is 3.44. The van der Waals surface area contributed by atoms with E-state index in [9.17, 15) is 9.47 Å². The number of benzene rings is 2. The molecule has 1 N–H and O–H groups in total. The number of nitrogens with zero attached hydrogens (tertiary/aromatic N) is 1. The van der Waals surface area contributed by atoms with Crippen LogP contribution in [0.5, 0.6) is 5.75 Å². The molecule has 0 aliphatic heterocycles. The topological polar surface area (TPSA) is 62.1 Å². The van der Waals surface area contributed by atoms with Gasteiger partial charge < -0.3 is 4.74 Å². The minimum Gasteiger partial charge on any atom is -0.497 e. The van der Waals surface area contributed by atoms with Crippen molar-refractivity contribution < 1.29 is 8.95 Å². The maximum atomic E-state index is 12.6. The van der Waals surface area contributed by atoms with Gasteiger partial charge in [-0.25, -0.2) is 8.93 Å². The minimum atomic E-state index is -1.47. The first kappa shape index (κ1) is 17.2. The zero-order valence-electron chi connectivity index (χ0n) is 13.5. The van der Waals surface area contributed by atoms with Gasteiger partial charge in [-0.1, -0.05) is 36.8 Å². The molecule has 2 atom stereocenters. The Labute approximate surface area is 139 Å². The fraction of sp³-hybridized carbons (Fsp3) is 0.278. The summed E-state index contributed by atoms with van der Waals surface area (Å²) >= 11 is 0. The third kappa shape index (κ3) is 3.79. The SMILES string of the molecule is CC[C@](C#N)(N[S@@](=O)c1ccc(C)cc1)c1ccc(OC)cc1. The summed E-state index contributed by atoms with van der Waals surface area (Å²) in [4.78, 5) is 0.650. The van der Waals surface area contributed by atoms with Crippen LogP contribution in [0, 0.1) is 18.3 Å². The van der Waals surface area contributed by atoms with Gasteiger partial charge in [0.2, 0.25) is 0 Å². The Morgan fingerprint density at radius 3 is 2.26 bits per heavy atom. The molecule has 0 spiro atoms. The Hall–Kier alpha value is -2.16. The summed E-state index contributed by atoms with van der Waals surface area (Å²) in [5.74, 6) is 0.719. The van der Waals surface area contributed by atoms with Gasteiger partial charge in [0.25, 0.3) is 0 Å². The molecular formula is C18H20N2O2S. The van der Waals surface area contributed by atoms with Gasteiger partial charge in [-0.05, 0) is 43.2 Å². The second-order valence-electron chi connectivity index (χ2n) is 5.28. The molecule has 23 heavy (non-hydrogen) atoms. The van der Waals surface area contributed by atoms with Gasteiger partial charge in [-0.3, -0.25) is 0 Å². The van der Waals surface area contributed by atoms with E-state index in [2.05, 4.69) is 10.8 Å². The minimum absolute atomic E-state index is 0.493. The molecule has 0 bridgehead atoms. The summed E-state index contributed by atoms with van der Waals surface area (Å²) in [6, 6.07) is 17.0. The van der Waals surface area contributed by atoms with E-state index < -0.39 is 16.5 Å². The molecule has 0 amide bonds. The van der Waals surface area contributed by atoms with E-state index in [1.165, 1.54) is 0 Å². The monoisotopic (exact) mass is 328 g/mol. The van der Waals surface area contributed by atoms with Gasteiger partial charge >= 0.3 is 0 Å². The van der Waals surface area contributed by atoms with Crippen LogP contribution in [0.15, 0.2) is 53.4 Å². The van der Waals surface area contributed by atoms with Crippen LogP contribution in [-0.4, -0.2) is 11.3 Å².